The van der Waals surface area contributed by atoms with Crippen LogP contribution in [0.2, 0.25) is 0 Å². The van der Waals surface area contributed by atoms with E-state index in [1.54, 1.807) is 0 Å². The molecule has 0 spiro atoms. The first kappa shape index (κ1) is 14.5. The molecule has 102 valence electrons. The summed E-state index contributed by atoms with van der Waals surface area (Å²) in [5, 5.41) is 11.3. The summed E-state index contributed by atoms with van der Waals surface area (Å²) in [7, 11) is 0. The van der Waals surface area contributed by atoms with Crippen molar-refractivity contribution in [2.24, 2.45) is 11.7 Å². The average molecular weight is 256 g/mol. The highest BCUT2D eigenvalue weighted by Gasteiger charge is 2.26. The Kier molecular flexibility index (Phi) is 5.61. The number of aliphatic carboxylic acids is 1. The van der Waals surface area contributed by atoms with E-state index in [1.165, 1.54) is 0 Å². The maximum Gasteiger partial charge on any atom is 0.326 e. The Morgan fingerprint density at radius 1 is 1.17 bits per heavy atom. The zero-order valence-electron chi connectivity index (χ0n) is 10.4. The Balaban J connectivity index is 2.53. The van der Waals surface area contributed by atoms with Crippen LogP contribution in [0.25, 0.3) is 0 Å². The second kappa shape index (κ2) is 6.98. The van der Waals surface area contributed by atoms with E-state index in [9.17, 15) is 14.4 Å². The van der Waals surface area contributed by atoms with E-state index in [4.69, 9.17) is 10.8 Å². The molecule has 1 fully saturated rings. The summed E-state index contributed by atoms with van der Waals surface area (Å²) in [5.74, 6) is -2.37. The van der Waals surface area contributed by atoms with Gasteiger partial charge < -0.3 is 16.2 Å². The second-order valence-corrected chi connectivity index (χ2v) is 4.76. The van der Waals surface area contributed by atoms with Gasteiger partial charge in [-0.25, -0.2) is 4.79 Å². The monoisotopic (exact) mass is 256 g/mol. The molecule has 0 bridgehead atoms. The summed E-state index contributed by atoms with van der Waals surface area (Å²) in [5.41, 5.74) is 4.96. The highest BCUT2D eigenvalue weighted by atomic mass is 16.4. The van der Waals surface area contributed by atoms with E-state index in [-0.39, 0.29) is 18.2 Å². The molecule has 6 nitrogen and oxygen atoms in total. The third-order valence-electron chi connectivity index (χ3n) is 3.25. The fraction of sp³-hybridized carbons (Fsp3) is 0.750. The molecular formula is C12H20N2O4. The van der Waals surface area contributed by atoms with Crippen molar-refractivity contribution in [2.45, 2.75) is 51.0 Å². The number of amides is 2. The highest BCUT2D eigenvalue weighted by molar-refractivity contribution is 5.88. The van der Waals surface area contributed by atoms with E-state index >= 15 is 0 Å². The van der Waals surface area contributed by atoms with Gasteiger partial charge in [-0.15, -0.1) is 0 Å². The van der Waals surface area contributed by atoms with Crippen LogP contribution < -0.4 is 11.1 Å². The quantitative estimate of drug-likeness (QED) is 0.618. The number of nitrogens with two attached hydrogens (primary N) is 1. The molecule has 1 atom stereocenters. The van der Waals surface area contributed by atoms with Gasteiger partial charge in [0.15, 0.2) is 0 Å². The number of hydrogen-bond donors (Lipinski definition) is 3. The van der Waals surface area contributed by atoms with Crippen LogP contribution in [-0.4, -0.2) is 28.9 Å². The molecule has 0 saturated heterocycles. The number of primary amides is 1. The molecule has 0 radical (unpaired) electrons. The number of carbonyl (C=O) groups excluding carboxylic acids is 2. The van der Waals surface area contributed by atoms with E-state index in [2.05, 4.69) is 5.32 Å². The molecule has 2 amide bonds. The maximum absolute atomic E-state index is 11.9. The van der Waals surface area contributed by atoms with Crippen LogP contribution in [0, 0.1) is 5.92 Å². The van der Waals surface area contributed by atoms with Gasteiger partial charge in [-0.05, 0) is 12.8 Å². The molecular weight excluding hydrogens is 236 g/mol. The Labute approximate surface area is 106 Å². The molecule has 1 aliphatic carbocycles. The van der Waals surface area contributed by atoms with Crippen molar-refractivity contribution in [3.63, 3.8) is 0 Å². The number of nitrogens with one attached hydrogen (secondary N) is 1. The summed E-state index contributed by atoms with van der Waals surface area (Å²) in [6, 6.07) is -1.21. The highest BCUT2D eigenvalue weighted by Crippen LogP contribution is 2.23. The summed E-state index contributed by atoms with van der Waals surface area (Å²) < 4.78 is 0. The lowest BCUT2D eigenvalue weighted by Gasteiger charge is -2.18. The Morgan fingerprint density at radius 3 is 2.17 bits per heavy atom. The Hall–Kier alpha value is -1.59. The van der Waals surface area contributed by atoms with Crippen molar-refractivity contribution in [1.82, 2.24) is 5.32 Å². The molecule has 1 unspecified atom stereocenters. The zero-order chi connectivity index (χ0) is 13.5. The predicted octanol–water partition coefficient (Wildman–Crippen LogP) is 0.402. The van der Waals surface area contributed by atoms with Gasteiger partial charge in [0, 0.05) is 5.92 Å². The molecule has 18 heavy (non-hydrogen) atoms. The summed E-state index contributed by atoms with van der Waals surface area (Å²) in [6.07, 6.45) is 5.43. The normalized spacial score (nSPS) is 18.7. The van der Waals surface area contributed by atoms with Gasteiger partial charge in [0.25, 0.3) is 0 Å². The van der Waals surface area contributed by atoms with Gasteiger partial charge in [-0.1, -0.05) is 25.7 Å². The number of carbonyl (C=O) groups is 3. The minimum Gasteiger partial charge on any atom is -0.480 e. The minimum atomic E-state index is -1.23. The third kappa shape index (κ3) is 4.73. The van der Waals surface area contributed by atoms with Crippen molar-refractivity contribution in [1.29, 1.82) is 0 Å². The first-order valence-electron chi connectivity index (χ1n) is 6.32. The molecule has 1 rings (SSSR count). The third-order valence-corrected chi connectivity index (χ3v) is 3.25. The first-order chi connectivity index (χ1) is 8.50. The van der Waals surface area contributed by atoms with Gasteiger partial charge in [-0.3, -0.25) is 9.59 Å². The van der Waals surface area contributed by atoms with Crippen molar-refractivity contribution in [3.05, 3.63) is 0 Å². The topological polar surface area (TPSA) is 109 Å². The van der Waals surface area contributed by atoms with Crippen LogP contribution in [0.5, 0.6) is 0 Å². The number of hydrogen-bond acceptors (Lipinski definition) is 3. The van der Waals surface area contributed by atoms with Crippen molar-refractivity contribution in [3.8, 4) is 0 Å². The minimum absolute atomic E-state index is 0.137. The van der Waals surface area contributed by atoms with E-state index < -0.39 is 17.9 Å². The zero-order valence-corrected chi connectivity index (χ0v) is 10.4. The van der Waals surface area contributed by atoms with E-state index in [0.717, 1.165) is 38.5 Å². The lowest BCUT2D eigenvalue weighted by Crippen LogP contribution is -2.45. The molecule has 1 saturated carbocycles. The molecule has 4 N–H and O–H groups in total. The smallest absolute Gasteiger partial charge is 0.326 e. The van der Waals surface area contributed by atoms with Gasteiger partial charge >= 0.3 is 5.97 Å². The van der Waals surface area contributed by atoms with E-state index in [1.807, 2.05) is 0 Å². The van der Waals surface area contributed by atoms with Crippen molar-refractivity contribution < 1.29 is 19.5 Å². The van der Waals surface area contributed by atoms with Crippen molar-refractivity contribution in [2.75, 3.05) is 0 Å². The van der Waals surface area contributed by atoms with Crippen LogP contribution in [0.15, 0.2) is 0 Å². The van der Waals surface area contributed by atoms with Crippen LogP contribution >= 0.6 is 0 Å². The fourth-order valence-corrected chi connectivity index (χ4v) is 2.23. The molecule has 0 aromatic carbocycles. The summed E-state index contributed by atoms with van der Waals surface area (Å²) in [6.45, 7) is 0. The van der Waals surface area contributed by atoms with Gasteiger partial charge in [-0.2, -0.15) is 0 Å². The van der Waals surface area contributed by atoms with E-state index in [0.29, 0.717) is 0 Å². The maximum atomic E-state index is 11.9. The predicted molar refractivity (Wildman–Crippen MR) is 64.6 cm³/mol. The standard InChI is InChI=1S/C12H20N2O4/c13-10(15)7-9(12(17)18)14-11(16)8-5-3-1-2-4-6-8/h8-9H,1-7H2,(H2,13,15)(H,14,16)(H,17,18). The van der Waals surface area contributed by atoms with Gasteiger partial charge in [0.05, 0.1) is 6.42 Å². The van der Waals surface area contributed by atoms with Crippen molar-refractivity contribution >= 4 is 17.8 Å². The molecule has 0 aromatic rings. The van der Waals surface area contributed by atoms with Gasteiger partial charge in [0.1, 0.15) is 6.04 Å². The van der Waals surface area contributed by atoms with Gasteiger partial charge in [0.2, 0.25) is 11.8 Å². The lowest BCUT2D eigenvalue weighted by molar-refractivity contribution is -0.144. The molecule has 6 heteroatoms. The number of rotatable bonds is 5. The molecule has 0 aromatic heterocycles. The number of carboxylic acids is 1. The first-order valence-corrected chi connectivity index (χ1v) is 6.32. The average Bonchev–Trinajstić information content (AvgIpc) is 2.55. The second-order valence-electron chi connectivity index (χ2n) is 4.76. The lowest BCUT2D eigenvalue weighted by atomic mass is 9.99. The van der Waals surface area contributed by atoms with Crippen LogP contribution in [0.4, 0.5) is 0 Å². The molecule has 0 heterocycles. The Morgan fingerprint density at radius 2 is 1.72 bits per heavy atom. The SMILES string of the molecule is NC(=O)CC(NC(=O)C1CCCCCC1)C(=O)O. The fourth-order valence-electron chi connectivity index (χ4n) is 2.23. The van der Waals surface area contributed by atoms with Crippen LogP contribution in [-0.2, 0) is 14.4 Å². The summed E-state index contributed by atoms with van der Waals surface area (Å²) in [4.78, 5) is 33.6. The van der Waals surface area contributed by atoms with Crippen LogP contribution in [0.1, 0.15) is 44.9 Å². The van der Waals surface area contributed by atoms with Crippen LogP contribution in [0.3, 0.4) is 0 Å². The summed E-state index contributed by atoms with van der Waals surface area (Å²) >= 11 is 0. The molecule has 1 aliphatic rings. The molecule has 0 aliphatic heterocycles. The Bertz CT molecular complexity index is 322. The number of carboxylic acid groups (broad SMARTS) is 1. The largest absolute Gasteiger partial charge is 0.480 e.